The van der Waals surface area contributed by atoms with Crippen LogP contribution >= 0.6 is 0 Å². The minimum atomic E-state index is -6.00. The molecule has 8 heteroatoms. The molecule has 0 aliphatic carbocycles. The van der Waals surface area contributed by atoms with E-state index < -0.39 is 7.25 Å². The van der Waals surface area contributed by atoms with E-state index >= 15 is 0 Å². The molecule has 0 aromatic heterocycles. The van der Waals surface area contributed by atoms with Crippen LogP contribution in [0.2, 0.25) is 0 Å². The first-order valence-corrected chi connectivity index (χ1v) is 7.41. The number of para-hydroxylation sites is 1. The summed E-state index contributed by atoms with van der Waals surface area (Å²) in [7, 11) is -6.00. The van der Waals surface area contributed by atoms with Gasteiger partial charge >= 0.3 is 12.9 Å². The molecular weight excluding hydrogens is 321 g/mol. The van der Waals surface area contributed by atoms with Gasteiger partial charge in [-0.05, 0) is 12.1 Å². The average molecular weight is 345 g/mol. The van der Waals surface area contributed by atoms with Crippen molar-refractivity contribution in [1.82, 2.24) is 0 Å². The predicted octanol–water partition coefficient (Wildman–Crippen LogP) is 6.79. The fourth-order valence-corrected chi connectivity index (χ4v) is 0.948. The van der Waals surface area contributed by atoms with E-state index in [1.165, 1.54) is 0 Å². The maximum atomic E-state index is 9.75. The fraction of sp³-hybridized carbons (Fsp3) is 0.250. The van der Waals surface area contributed by atoms with Crippen molar-refractivity contribution in [3.8, 4) is 0 Å². The van der Waals surface area contributed by atoms with Gasteiger partial charge in [-0.25, -0.2) is 0 Å². The Hall–Kier alpha value is -2.56. The Morgan fingerprint density at radius 3 is 1.21 bits per heavy atom. The van der Waals surface area contributed by atoms with Crippen LogP contribution in [0.25, 0.3) is 4.98 Å². The van der Waals surface area contributed by atoms with Gasteiger partial charge in [-0.1, -0.05) is 64.1 Å². The number of hydrogen-bond donors (Lipinski definition) is 1. The van der Waals surface area contributed by atoms with Gasteiger partial charge in [0, 0.05) is 17.8 Å². The standard InChI is InChI=1S/C6H5N2.C6H7N.2C2H6.BF4/c7-8-6-4-2-1-3-5-6;7-6-4-2-1-3-5-6;2*1-2;2-1(3,4)5/h1-5H;1-5H,7H2;2*1-2H3;/q+1;;;;-1. The monoisotopic (exact) mass is 345 g/mol. The van der Waals surface area contributed by atoms with Crippen molar-refractivity contribution in [1.29, 1.82) is 5.39 Å². The summed E-state index contributed by atoms with van der Waals surface area (Å²) in [5.74, 6) is 0. The zero-order chi connectivity index (χ0) is 19.4. The minimum absolute atomic E-state index is 0.590. The quantitative estimate of drug-likeness (QED) is 0.247. The number of nitrogens with two attached hydrogens (primary N) is 1. The summed E-state index contributed by atoms with van der Waals surface area (Å²) >= 11 is 0. The molecular formula is C16H24BF4N3. The normalized spacial score (nSPS) is 8.12. The second-order valence-electron chi connectivity index (χ2n) is 3.34. The molecule has 0 atom stereocenters. The first kappa shape index (κ1) is 26.3. The molecule has 0 spiro atoms. The lowest BCUT2D eigenvalue weighted by Gasteiger charge is -1.94. The number of diazo groups is 1. The van der Waals surface area contributed by atoms with Gasteiger partial charge in [-0.2, -0.15) is 0 Å². The average Bonchev–Trinajstić information content (AvgIpc) is 2.59. The first-order chi connectivity index (χ1) is 11.3. The van der Waals surface area contributed by atoms with Gasteiger partial charge in [0.05, 0.1) is 0 Å². The zero-order valence-corrected chi connectivity index (χ0v) is 14.3. The van der Waals surface area contributed by atoms with E-state index in [1.807, 2.05) is 76.2 Å². The summed E-state index contributed by atoms with van der Waals surface area (Å²) < 4.78 is 39.0. The molecule has 0 aliphatic rings. The number of rotatable bonds is 0. The molecule has 0 heterocycles. The van der Waals surface area contributed by atoms with E-state index in [-0.39, 0.29) is 0 Å². The number of halogens is 4. The molecule has 0 unspecified atom stereocenters. The molecule has 0 amide bonds. The van der Waals surface area contributed by atoms with Gasteiger partial charge in [0.1, 0.15) is 0 Å². The van der Waals surface area contributed by atoms with E-state index in [0.29, 0.717) is 5.69 Å². The summed E-state index contributed by atoms with van der Waals surface area (Å²) in [5.41, 5.74) is 6.77. The minimum Gasteiger partial charge on any atom is -0.418 e. The van der Waals surface area contributed by atoms with Gasteiger partial charge in [0.25, 0.3) is 0 Å². The van der Waals surface area contributed by atoms with E-state index in [0.717, 1.165) is 5.69 Å². The number of nitrogens with zero attached hydrogens (tertiary/aromatic N) is 2. The zero-order valence-electron chi connectivity index (χ0n) is 14.3. The Labute approximate surface area is 141 Å². The lowest BCUT2D eigenvalue weighted by molar-refractivity contribution is 0.368. The summed E-state index contributed by atoms with van der Waals surface area (Å²) in [6.07, 6.45) is 0. The van der Waals surface area contributed by atoms with Gasteiger partial charge in [-0.3, -0.25) is 0 Å². The van der Waals surface area contributed by atoms with Crippen molar-refractivity contribution in [2.45, 2.75) is 27.7 Å². The molecule has 0 aliphatic heterocycles. The van der Waals surface area contributed by atoms with Gasteiger partial charge in [0.15, 0.2) is 4.98 Å². The highest BCUT2D eigenvalue weighted by Crippen LogP contribution is 2.07. The Morgan fingerprint density at radius 2 is 1.04 bits per heavy atom. The van der Waals surface area contributed by atoms with Crippen LogP contribution in [0.4, 0.5) is 28.6 Å². The van der Waals surface area contributed by atoms with Gasteiger partial charge in [-0.15, -0.1) is 0 Å². The van der Waals surface area contributed by atoms with Crippen LogP contribution < -0.4 is 5.73 Å². The molecule has 134 valence electrons. The molecule has 0 radical (unpaired) electrons. The van der Waals surface area contributed by atoms with Crippen LogP contribution in [-0.4, -0.2) is 7.25 Å². The lowest BCUT2D eigenvalue weighted by atomic mass is 10.3. The molecule has 0 bridgehead atoms. The first-order valence-electron chi connectivity index (χ1n) is 7.41. The Morgan fingerprint density at radius 1 is 0.750 bits per heavy atom. The van der Waals surface area contributed by atoms with Gasteiger partial charge < -0.3 is 23.0 Å². The van der Waals surface area contributed by atoms with Crippen molar-refractivity contribution in [3.63, 3.8) is 0 Å². The molecule has 0 saturated carbocycles. The maximum Gasteiger partial charge on any atom is 0.673 e. The Bertz CT molecular complexity index is 508. The van der Waals surface area contributed by atoms with Crippen LogP contribution in [0.1, 0.15) is 27.7 Å². The van der Waals surface area contributed by atoms with Crippen molar-refractivity contribution >= 4 is 18.6 Å². The van der Waals surface area contributed by atoms with Crippen LogP contribution in [0.3, 0.4) is 0 Å². The topological polar surface area (TPSA) is 54.2 Å². The highest BCUT2D eigenvalue weighted by molar-refractivity contribution is 6.50. The largest absolute Gasteiger partial charge is 0.673 e. The third kappa shape index (κ3) is 27.7. The van der Waals surface area contributed by atoms with Gasteiger partial charge in [0.2, 0.25) is 5.39 Å². The van der Waals surface area contributed by atoms with Crippen molar-refractivity contribution in [2.75, 3.05) is 5.73 Å². The second kappa shape index (κ2) is 18.5. The van der Waals surface area contributed by atoms with Crippen LogP contribution in [0.5, 0.6) is 0 Å². The van der Waals surface area contributed by atoms with E-state index in [2.05, 4.69) is 4.98 Å². The molecule has 2 aromatic rings. The van der Waals surface area contributed by atoms with E-state index in [1.54, 1.807) is 12.1 Å². The summed E-state index contributed by atoms with van der Waals surface area (Å²) in [6.45, 7) is 8.00. The summed E-state index contributed by atoms with van der Waals surface area (Å²) in [5, 5.41) is 8.16. The van der Waals surface area contributed by atoms with Crippen molar-refractivity contribution < 1.29 is 17.3 Å². The molecule has 0 fully saturated rings. The van der Waals surface area contributed by atoms with E-state index in [4.69, 9.17) is 11.1 Å². The smallest absolute Gasteiger partial charge is 0.418 e. The lowest BCUT2D eigenvalue weighted by Crippen LogP contribution is -2.02. The number of anilines is 1. The van der Waals surface area contributed by atoms with Crippen molar-refractivity contribution in [3.05, 3.63) is 65.6 Å². The van der Waals surface area contributed by atoms with Crippen LogP contribution in [0.15, 0.2) is 60.7 Å². The van der Waals surface area contributed by atoms with Crippen LogP contribution in [-0.2, 0) is 0 Å². The molecule has 2 rings (SSSR count). The molecule has 2 aromatic carbocycles. The summed E-state index contributed by atoms with van der Waals surface area (Å²) in [6, 6.07) is 18.4. The fourth-order valence-electron chi connectivity index (χ4n) is 0.948. The summed E-state index contributed by atoms with van der Waals surface area (Å²) in [4.78, 5) is 2.97. The maximum absolute atomic E-state index is 9.75. The number of benzene rings is 2. The Kier molecular flexibility index (Phi) is 20.3. The Balaban J connectivity index is -0.000000255. The molecule has 3 nitrogen and oxygen atoms in total. The molecule has 2 N–H and O–H groups in total. The number of nitrogen functional groups attached to an aromatic ring is 1. The van der Waals surface area contributed by atoms with Crippen LogP contribution in [0, 0.1) is 5.39 Å². The molecule has 0 saturated heterocycles. The highest BCUT2D eigenvalue weighted by Gasteiger charge is 2.20. The van der Waals surface area contributed by atoms with E-state index in [9.17, 15) is 17.3 Å². The predicted molar refractivity (Wildman–Crippen MR) is 94.9 cm³/mol. The third-order valence-electron chi connectivity index (χ3n) is 1.67. The highest BCUT2D eigenvalue weighted by atomic mass is 19.5. The van der Waals surface area contributed by atoms with Crippen molar-refractivity contribution in [2.24, 2.45) is 0 Å². The number of hydrogen-bond acceptors (Lipinski definition) is 2. The SMILES string of the molecule is CC.CC.F[B-](F)(F)F.N#[N+]c1ccccc1.Nc1ccccc1. The molecule has 24 heavy (non-hydrogen) atoms. The second-order valence-corrected chi connectivity index (χ2v) is 3.34. The third-order valence-corrected chi connectivity index (χ3v) is 1.67.